The predicted octanol–water partition coefficient (Wildman–Crippen LogP) is 1.00. The van der Waals surface area contributed by atoms with Crippen LogP contribution in [0.3, 0.4) is 0 Å². The predicted molar refractivity (Wildman–Crippen MR) is 91.6 cm³/mol. The lowest BCUT2D eigenvalue weighted by Crippen LogP contribution is -2.52. The average Bonchev–Trinajstić information content (AvgIpc) is 2.98. The molecule has 1 aromatic heterocycles. The van der Waals surface area contributed by atoms with Gasteiger partial charge in [-0.15, -0.1) is 0 Å². The third kappa shape index (κ3) is 2.76. The number of pyridine rings is 1. The highest BCUT2D eigenvalue weighted by Gasteiger charge is 2.39. The van der Waals surface area contributed by atoms with Crippen molar-refractivity contribution in [3.05, 3.63) is 53.2 Å². The summed E-state index contributed by atoms with van der Waals surface area (Å²) in [4.78, 5) is 42.0. The summed E-state index contributed by atoms with van der Waals surface area (Å²) in [5.41, 5.74) is 3.53. The van der Waals surface area contributed by atoms with Crippen molar-refractivity contribution >= 4 is 17.7 Å². The van der Waals surface area contributed by atoms with Gasteiger partial charge in [0, 0.05) is 24.1 Å². The Bertz CT molecular complexity index is 925. The Balaban J connectivity index is 1.62. The van der Waals surface area contributed by atoms with Crippen LogP contribution in [0.25, 0.3) is 11.3 Å². The van der Waals surface area contributed by atoms with Crippen molar-refractivity contribution in [2.75, 3.05) is 0 Å². The maximum Gasteiger partial charge on any atom is 0.255 e. The summed E-state index contributed by atoms with van der Waals surface area (Å²) < 4.78 is 0. The summed E-state index contributed by atoms with van der Waals surface area (Å²) in [6.45, 7) is 0.189. The normalized spacial score (nSPS) is 19.5. The molecule has 0 bridgehead atoms. The molecule has 1 atom stereocenters. The minimum atomic E-state index is -0.619. The fourth-order valence-corrected chi connectivity index (χ4v) is 3.46. The van der Waals surface area contributed by atoms with Crippen molar-refractivity contribution in [3.8, 4) is 11.3 Å². The minimum absolute atomic E-state index is 0.138. The number of benzene rings is 1. The molecule has 26 heavy (non-hydrogen) atoms. The van der Waals surface area contributed by atoms with Crippen LogP contribution in [0.2, 0.25) is 0 Å². The van der Waals surface area contributed by atoms with Crippen LogP contribution in [0, 0.1) is 0 Å². The molecule has 0 spiro atoms. The number of carbonyl (C=O) groups is 3. The molecule has 2 N–H and O–H groups in total. The zero-order valence-electron chi connectivity index (χ0n) is 13.9. The highest BCUT2D eigenvalue weighted by molar-refractivity contribution is 6.05. The molecule has 7 nitrogen and oxygen atoms in total. The van der Waals surface area contributed by atoms with Gasteiger partial charge in [0.15, 0.2) is 0 Å². The number of imide groups is 1. The van der Waals surface area contributed by atoms with E-state index in [1.807, 2.05) is 24.3 Å². The van der Waals surface area contributed by atoms with Crippen LogP contribution in [-0.2, 0) is 22.7 Å². The second kappa shape index (κ2) is 6.34. The molecule has 1 aromatic carbocycles. The standard InChI is InChI=1S/C19H17N3O4/c23-10-13-2-1-3-15(20-13)11-4-5-14-12(8-11)9-22(19(14)26)16-6-7-17(24)21-18(16)25/h1-5,8,16,23H,6-7,9-10H2,(H,21,24,25). The molecule has 3 amide bonds. The maximum atomic E-state index is 12.7. The molecular weight excluding hydrogens is 334 g/mol. The van der Waals surface area contributed by atoms with Gasteiger partial charge in [-0.05, 0) is 36.2 Å². The number of aliphatic hydroxyl groups is 1. The zero-order chi connectivity index (χ0) is 18.3. The van der Waals surface area contributed by atoms with Gasteiger partial charge in [0.1, 0.15) is 6.04 Å². The first-order valence-electron chi connectivity index (χ1n) is 8.41. The number of aromatic nitrogens is 1. The third-order valence-corrected chi connectivity index (χ3v) is 4.79. The van der Waals surface area contributed by atoms with Crippen LogP contribution in [0.5, 0.6) is 0 Å². The van der Waals surface area contributed by atoms with Gasteiger partial charge < -0.3 is 10.0 Å². The average molecular weight is 351 g/mol. The Labute approximate surface area is 149 Å². The van der Waals surface area contributed by atoms with Crippen LogP contribution in [-0.4, -0.2) is 38.8 Å². The number of carbonyl (C=O) groups excluding carboxylic acids is 3. The Morgan fingerprint density at radius 3 is 2.81 bits per heavy atom. The zero-order valence-corrected chi connectivity index (χ0v) is 13.9. The van der Waals surface area contributed by atoms with Crippen LogP contribution >= 0.6 is 0 Å². The van der Waals surface area contributed by atoms with E-state index in [9.17, 15) is 19.5 Å². The molecule has 2 aliphatic heterocycles. The Morgan fingerprint density at radius 2 is 2.04 bits per heavy atom. The molecule has 0 aliphatic carbocycles. The van der Waals surface area contributed by atoms with E-state index < -0.39 is 11.9 Å². The molecule has 0 radical (unpaired) electrons. The van der Waals surface area contributed by atoms with E-state index in [-0.39, 0.29) is 24.8 Å². The van der Waals surface area contributed by atoms with Gasteiger partial charge >= 0.3 is 0 Å². The van der Waals surface area contributed by atoms with Crippen molar-refractivity contribution in [1.29, 1.82) is 0 Å². The first-order chi connectivity index (χ1) is 12.6. The topological polar surface area (TPSA) is 99.6 Å². The number of nitrogens with zero attached hydrogens (tertiary/aromatic N) is 2. The first kappa shape index (κ1) is 16.4. The molecule has 3 heterocycles. The van der Waals surface area contributed by atoms with Crippen molar-refractivity contribution in [2.45, 2.75) is 32.0 Å². The van der Waals surface area contributed by atoms with Gasteiger partial charge in [0.25, 0.3) is 5.91 Å². The maximum absolute atomic E-state index is 12.7. The van der Waals surface area contributed by atoms with Crippen molar-refractivity contribution in [3.63, 3.8) is 0 Å². The molecule has 132 valence electrons. The number of amides is 3. The number of nitrogens with one attached hydrogen (secondary N) is 1. The fourth-order valence-electron chi connectivity index (χ4n) is 3.46. The van der Waals surface area contributed by atoms with Crippen molar-refractivity contribution in [1.82, 2.24) is 15.2 Å². The summed E-state index contributed by atoms with van der Waals surface area (Å²) >= 11 is 0. The van der Waals surface area contributed by atoms with E-state index >= 15 is 0 Å². The Kier molecular flexibility index (Phi) is 4.00. The Hall–Kier alpha value is -3.06. The van der Waals surface area contributed by atoms with Crippen LogP contribution in [0.4, 0.5) is 0 Å². The van der Waals surface area contributed by atoms with Gasteiger partial charge in [-0.2, -0.15) is 0 Å². The second-order valence-corrected chi connectivity index (χ2v) is 6.44. The molecule has 0 saturated carbocycles. The molecule has 7 heteroatoms. The SMILES string of the molecule is O=C1CCC(N2Cc3cc(-c4cccc(CO)n4)ccc3C2=O)C(=O)N1. The van der Waals surface area contributed by atoms with Gasteiger partial charge in [-0.3, -0.25) is 24.7 Å². The fraction of sp³-hybridized carbons (Fsp3) is 0.263. The van der Waals surface area contributed by atoms with Gasteiger partial charge in [0.05, 0.1) is 18.0 Å². The quantitative estimate of drug-likeness (QED) is 0.804. The van der Waals surface area contributed by atoms with Crippen LogP contribution < -0.4 is 5.32 Å². The highest BCUT2D eigenvalue weighted by Crippen LogP contribution is 2.30. The van der Waals surface area contributed by atoms with E-state index in [0.717, 1.165) is 11.1 Å². The van der Waals surface area contributed by atoms with Gasteiger partial charge in [-0.25, -0.2) is 0 Å². The van der Waals surface area contributed by atoms with Gasteiger partial charge in [0.2, 0.25) is 11.8 Å². The smallest absolute Gasteiger partial charge is 0.255 e. The van der Waals surface area contributed by atoms with Crippen molar-refractivity contribution in [2.24, 2.45) is 0 Å². The molecule has 1 fully saturated rings. The minimum Gasteiger partial charge on any atom is -0.390 e. The second-order valence-electron chi connectivity index (χ2n) is 6.44. The number of hydrogen-bond donors (Lipinski definition) is 2. The summed E-state index contributed by atoms with van der Waals surface area (Å²) in [6.07, 6.45) is 0.580. The monoisotopic (exact) mass is 351 g/mol. The molecule has 1 saturated heterocycles. The number of aliphatic hydroxyl groups excluding tert-OH is 1. The summed E-state index contributed by atoms with van der Waals surface area (Å²) in [5, 5.41) is 11.5. The van der Waals surface area contributed by atoms with E-state index in [2.05, 4.69) is 10.3 Å². The van der Waals surface area contributed by atoms with Gasteiger partial charge in [-0.1, -0.05) is 12.1 Å². The number of hydrogen-bond acceptors (Lipinski definition) is 5. The number of rotatable bonds is 3. The molecular formula is C19H17N3O4. The molecule has 4 rings (SSSR count). The number of fused-ring (bicyclic) bond motifs is 1. The Morgan fingerprint density at radius 1 is 1.19 bits per heavy atom. The summed E-state index contributed by atoms with van der Waals surface area (Å²) in [6, 6.07) is 10.2. The number of piperidine rings is 1. The lowest BCUT2D eigenvalue weighted by molar-refractivity contribution is -0.136. The van der Waals surface area contributed by atoms with Crippen LogP contribution in [0.15, 0.2) is 36.4 Å². The molecule has 1 unspecified atom stereocenters. The molecule has 2 aromatic rings. The summed E-state index contributed by atoms with van der Waals surface area (Å²) in [7, 11) is 0. The van der Waals surface area contributed by atoms with E-state index in [4.69, 9.17) is 0 Å². The van der Waals surface area contributed by atoms with Crippen molar-refractivity contribution < 1.29 is 19.5 Å². The highest BCUT2D eigenvalue weighted by atomic mass is 16.3. The lowest BCUT2D eigenvalue weighted by Gasteiger charge is -2.29. The third-order valence-electron chi connectivity index (χ3n) is 4.79. The summed E-state index contributed by atoms with van der Waals surface area (Å²) in [5.74, 6) is -0.911. The van der Waals surface area contributed by atoms with E-state index in [0.29, 0.717) is 29.9 Å². The van der Waals surface area contributed by atoms with E-state index in [1.165, 1.54) is 4.90 Å². The first-order valence-corrected chi connectivity index (χ1v) is 8.41. The van der Waals surface area contributed by atoms with Crippen LogP contribution in [0.1, 0.15) is 34.5 Å². The molecule has 2 aliphatic rings. The lowest BCUT2D eigenvalue weighted by atomic mass is 10.0. The largest absolute Gasteiger partial charge is 0.390 e. The van der Waals surface area contributed by atoms with E-state index in [1.54, 1.807) is 12.1 Å².